The normalized spacial score (nSPS) is 19.4. The first-order valence-corrected chi connectivity index (χ1v) is 10.4. The van der Waals surface area contributed by atoms with Crippen LogP contribution in [0.25, 0.3) is 11.8 Å². The van der Waals surface area contributed by atoms with E-state index in [-0.39, 0.29) is 17.4 Å². The van der Waals surface area contributed by atoms with Gasteiger partial charge in [-0.05, 0) is 42.7 Å². The zero-order valence-electron chi connectivity index (χ0n) is 16.8. The van der Waals surface area contributed by atoms with E-state index in [1.165, 1.54) is 23.1 Å². The Balaban J connectivity index is 1.32. The standard InChI is InChI=1S/C24H21FN2O4/c25-20-8-7-15(12-21-17-5-1-2-6-18(17)24(30)31-21)11-19(20)23(29)27-13-16(14-27)22(28)26-9-3-4-10-26/h1-2,5-8,11-12,16H,3-4,9-10,13-14H2/b21-12-. The first-order valence-electron chi connectivity index (χ1n) is 10.4. The fourth-order valence-corrected chi connectivity index (χ4v) is 4.31. The van der Waals surface area contributed by atoms with Crippen LogP contribution < -0.4 is 0 Å². The highest BCUT2D eigenvalue weighted by Crippen LogP contribution is 2.31. The number of amides is 2. The first kappa shape index (κ1) is 19.5. The van der Waals surface area contributed by atoms with Crippen LogP contribution in [0.15, 0.2) is 42.5 Å². The molecule has 0 unspecified atom stereocenters. The molecule has 7 heteroatoms. The molecule has 0 aliphatic carbocycles. The zero-order valence-corrected chi connectivity index (χ0v) is 16.8. The van der Waals surface area contributed by atoms with Gasteiger partial charge in [0.25, 0.3) is 5.91 Å². The summed E-state index contributed by atoms with van der Waals surface area (Å²) in [5.74, 6) is -1.25. The van der Waals surface area contributed by atoms with Crippen molar-refractivity contribution in [2.75, 3.05) is 26.2 Å². The topological polar surface area (TPSA) is 66.9 Å². The Morgan fingerprint density at radius 1 is 1.00 bits per heavy atom. The number of cyclic esters (lactones) is 1. The quantitative estimate of drug-likeness (QED) is 0.716. The fourth-order valence-electron chi connectivity index (χ4n) is 4.31. The van der Waals surface area contributed by atoms with Gasteiger partial charge < -0.3 is 14.5 Å². The summed E-state index contributed by atoms with van der Waals surface area (Å²) in [6.07, 6.45) is 3.67. The van der Waals surface area contributed by atoms with Crippen molar-refractivity contribution in [2.45, 2.75) is 12.8 Å². The average molecular weight is 420 g/mol. The minimum absolute atomic E-state index is 0.0565. The zero-order chi connectivity index (χ0) is 21.5. The predicted molar refractivity (Wildman–Crippen MR) is 111 cm³/mol. The summed E-state index contributed by atoms with van der Waals surface area (Å²) in [6.45, 7) is 2.18. The van der Waals surface area contributed by atoms with Crippen molar-refractivity contribution >= 4 is 29.6 Å². The van der Waals surface area contributed by atoms with Crippen LogP contribution in [-0.2, 0) is 9.53 Å². The molecule has 0 spiro atoms. The molecule has 0 saturated carbocycles. The van der Waals surface area contributed by atoms with Crippen molar-refractivity contribution in [2.24, 2.45) is 5.92 Å². The minimum atomic E-state index is -0.620. The number of nitrogens with zero attached hydrogens (tertiary/aromatic N) is 2. The molecule has 0 atom stereocenters. The summed E-state index contributed by atoms with van der Waals surface area (Å²) in [5, 5.41) is 0. The second kappa shape index (κ2) is 7.65. The molecule has 3 heterocycles. The third-order valence-electron chi connectivity index (χ3n) is 6.07. The summed E-state index contributed by atoms with van der Waals surface area (Å²) in [6, 6.07) is 11.2. The average Bonchev–Trinajstić information content (AvgIpc) is 3.37. The Morgan fingerprint density at radius 2 is 1.71 bits per heavy atom. The number of carbonyl (C=O) groups excluding carboxylic acids is 3. The van der Waals surface area contributed by atoms with E-state index in [9.17, 15) is 18.8 Å². The minimum Gasteiger partial charge on any atom is -0.422 e. The van der Waals surface area contributed by atoms with Crippen LogP contribution in [0.1, 0.15) is 44.7 Å². The first-order chi connectivity index (χ1) is 15.0. The van der Waals surface area contributed by atoms with E-state index < -0.39 is 17.7 Å². The molecule has 0 aromatic heterocycles. The van der Waals surface area contributed by atoms with Crippen LogP contribution in [0.4, 0.5) is 4.39 Å². The van der Waals surface area contributed by atoms with Gasteiger partial charge in [-0.3, -0.25) is 9.59 Å². The molecule has 2 aromatic carbocycles. The molecule has 0 radical (unpaired) electrons. The molecule has 3 aliphatic rings. The number of likely N-dealkylation sites (tertiary alicyclic amines) is 2. The third-order valence-corrected chi connectivity index (χ3v) is 6.07. The lowest BCUT2D eigenvalue weighted by atomic mass is 9.96. The van der Waals surface area contributed by atoms with Gasteiger partial charge in [-0.15, -0.1) is 0 Å². The second-order valence-electron chi connectivity index (χ2n) is 8.12. The summed E-state index contributed by atoms with van der Waals surface area (Å²) in [5.41, 5.74) is 1.63. The third kappa shape index (κ3) is 3.50. The highest BCUT2D eigenvalue weighted by atomic mass is 19.1. The molecule has 31 heavy (non-hydrogen) atoms. The van der Waals surface area contributed by atoms with Gasteiger partial charge in [0.1, 0.15) is 11.6 Å². The maximum Gasteiger partial charge on any atom is 0.344 e. The lowest BCUT2D eigenvalue weighted by Gasteiger charge is -2.40. The number of esters is 1. The van der Waals surface area contributed by atoms with Gasteiger partial charge in [0.15, 0.2) is 0 Å². The monoisotopic (exact) mass is 420 g/mol. The maximum atomic E-state index is 14.4. The Kier molecular flexibility index (Phi) is 4.81. The Morgan fingerprint density at radius 3 is 2.45 bits per heavy atom. The Labute approximate surface area is 178 Å². The summed E-state index contributed by atoms with van der Waals surface area (Å²) in [7, 11) is 0. The summed E-state index contributed by atoms with van der Waals surface area (Å²) >= 11 is 0. The van der Waals surface area contributed by atoms with Crippen molar-refractivity contribution in [3.63, 3.8) is 0 Å². The lowest BCUT2D eigenvalue weighted by Crippen LogP contribution is -2.56. The molecular weight excluding hydrogens is 399 g/mol. The molecule has 2 fully saturated rings. The molecule has 3 aliphatic heterocycles. The van der Waals surface area contributed by atoms with E-state index in [2.05, 4.69) is 0 Å². The number of fused-ring (bicyclic) bond motifs is 1. The van der Waals surface area contributed by atoms with Gasteiger partial charge >= 0.3 is 5.97 Å². The van der Waals surface area contributed by atoms with Crippen LogP contribution in [0.2, 0.25) is 0 Å². The smallest absolute Gasteiger partial charge is 0.344 e. The van der Waals surface area contributed by atoms with Crippen molar-refractivity contribution in [3.05, 3.63) is 70.5 Å². The van der Waals surface area contributed by atoms with Crippen LogP contribution in [0, 0.1) is 11.7 Å². The van der Waals surface area contributed by atoms with E-state index >= 15 is 0 Å². The molecule has 2 aromatic rings. The molecule has 6 nitrogen and oxygen atoms in total. The summed E-state index contributed by atoms with van der Waals surface area (Å²) < 4.78 is 19.8. The Bertz CT molecular complexity index is 1110. The highest BCUT2D eigenvalue weighted by molar-refractivity contribution is 6.06. The highest BCUT2D eigenvalue weighted by Gasteiger charge is 2.39. The number of hydrogen-bond donors (Lipinski definition) is 0. The van der Waals surface area contributed by atoms with Crippen LogP contribution >= 0.6 is 0 Å². The number of halogens is 1. The molecule has 5 rings (SSSR count). The van der Waals surface area contributed by atoms with Crippen molar-refractivity contribution in [1.82, 2.24) is 9.80 Å². The van der Waals surface area contributed by atoms with Crippen LogP contribution in [0.3, 0.4) is 0 Å². The van der Waals surface area contributed by atoms with Gasteiger partial charge in [-0.25, -0.2) is 9.18 Å². The molecule has 2 amide bonds. The number of carbonyl (C=O) groups is 3. The van der Waals surface area contributed by atoms with Crippen molar-refractivity contribution < 1.29 is 23.5 Å². The van der Waals surface area contributed by atoms with E-state index in [0.717, 1.165) is 25.9 Å². The van der Waals surface area contributed by atoms with E-state index in [1.54, 1.807) is 30.3 Å². The van der Waals surface area contributed by atoms with Crippen molar-refractivity contribution in [3.8, 4) is 0 Å². The molecule has 0 bridgehead atoms. The van der Waals surface area contributed by atoms with Gasteiger partial charge in [-0.2, -0.15) is 0 Å². The molecule has 158 valence electrons. The van der Waals surface area contributed by atoms with Gasteiger partial charge in [0.05, 0.1) is 17.0 Å². The van der Waals surface area contributed by atoms with E-state index in [1.807, 2.05) is 4.90 Å². The number of rotatable bonds is 3. The van der Waals surface area contributed by atoms with E-state index in [0.29, 0.717) is 35.5 Å². The second-order valence-corrected chi connectivity index (χ2v) is 8.12. The molecular formula is C24H21FN2O4. The lowest BCUT2D eigenvalue weighted by molar-refractivity contribution is -0.138. The summed E-state index contributed by atoms with van der Waals surface area (Å²) in [4.78, 5) is 40.6. The predicted octanol–water partition coefficient (Wildman–Crippen LogP) is 3.19. The number of hydrogen-bond acceptors (Lipinski definition) is 4. The van der Waals surface area contributed by atoms with Gasteiger partial charge in [-0.1, -0.05) is 24.3 Å². The molecule has 2 saturated heterocycles. The van der Waals surface area contributed by atoms with Crippen LogP contribution in [0.5, 0.6) is 0 Å². The number of benzene rings is 2. The number of ether oxygens (including phenoxy) is 1. The SMILES string of the molecule is O=C1O/C(=C\c2ccc(F)c(C(=O)N3CC(C(=O)N4CCCC4)C3)c2)c2ccccc21. The fraction of sp³-hybridized carbons (Fsp3) is 0.292. The van der Waals surface area contributed by atoms with Gasteiger partial charge in [0, 0.05) is 31.7 Å². The van der Waals surface area contributed by atoms with Crippen molar-refractivity contribution in [1.29, 1.82) is 0 Å². The maximum absolute atomic E-state index is 14.4. The largest absolute Gasteiger partial charge is 0.422 e. The Hall–Kier alpha value is -3.48. The van der Waals surface area contributed by atoms with Gasteiger partial charge in [0.2, 0.25) is 5.91 Å². The van der Waals surface area contributed by atoms with E-state index in [4.69, 9.17) is 4.74 Å². The molecule has 0 N–H and O–H groups in total. The van der Waals surface area contributed by atoms with Crippen LogP contribution in [-0.4, -0.2) is 53.8 Å².